The van der Waals surface area contributed by atoms with E-state index in [-0.39, 0.29) is 18.9 Å². The van der Waals surface area contributed by atoms with E-state index < -0.39 is 0 Å². The maximum Gasteiger partial charge on any atom is 0.228 e. The summed E-state index contributed by atoms with van der Waals surface area (Å²) in [5.74, 6) is 0.681. The van der Waals surface area contributed by atoms with Gasteiger partial charge in [-0.1, -0.05) is 36.4 Å². The van der Waals surface area contributed by atoms with Crippen LogP contribution in [0.2, 0.25) is 0 Å². The number of aliphatic hydroxyl groups is 1. The first-order valence-corrected chi connectivity index (χ1v) is 8.16. The van der Waals surface area contributed by atoms with Crippen molar-refractivity contribution in [1.29, 1.82) is 0 Å². The highest BCUT2D eigenvalue weighted by atomic mass is 16.5. The van der Waals surface area contributed by atoms with Gasteiger partial charge in [-0.3, -0.25) is 4.79 Å². The number of carbonyl (C=O) groups excluding carboxylic acids is 1. The molecule has 128 valence electrons. The molecule has 0 radical (unpaired) electrons. The van der Waals surface area contributed by atoms with Crippen LogP contribution in [0, 0.1) is 6.92 Å². The molecule has 0 unspecified atom stereocenters. The zero-order valence-corrected chi connectivity index (χ0v) is 14.4. The van der Waals surface area contributed by atoms with Gasteiger partial charge in [-0.2, -0.15) is 0 Å². The first-order valence-electron chi connectivity index (χ1n) is 8.16. The molecule has 25 heavy (non-hydrogen) atoms. The van der Waals surface area contributed by atoms with Crippen molar-refractivity contribution in [3.63, 3.8) is 0 Å². The van der Waals surface area contributed by atoms with Gasteiger partial charge in [0.05, 0.1) is 20.1 Å². The zero-order valence-electron chi connectivity index (χ0n) is 14.4. The Morgan fingerprint density at radius 1 is 1.12 bits per heavy atom. The van der Waals surface area contributed by atoms with Gasteiger partial charge in [0.2, 0.25) is 5.91 Å². The predicted octanol–water partition coefficient (Wildman–Crippen LogP) is 3.83. The minimum Gasteiger partial charge on any atom is -0.497 e. The van der Waals surface area contributed by atoms with Crippen molar-refractivity contribution in [2.75, 3.05) is 12.4 Å². The van der Waals surface area contributed by atoms with E-state index in [1.54, 1.807) is 13.2 Å². The molecule has 0 heterocycles. The molecule has 4 nitrogen and oxygen atoms in total. The third-order valence-corrected chi connectivity index (χ3v) is 4.29. The second kappa shape index (κ2) is 7.36. The third kappa shape index (κ3) is 3.80. The summed E-state index contributed by atoms with van der Waals surface area (Å²) < 4.78 is 5.29. The van der Waals surface area contributed by atoms with Crippen LogP contribution in [0.5, 0.6) is 5.75 Å². The average molecular weight is 335 g/mol. The Morgan fingerprint density at radius 3 is 2.72 bits per heavy atom. The Kier molecular flexibility index (Phi) is 5.00. The summed E-state index contributed by atoms with van der Waals surface area (Å²) in [5.41, 5.74) is 3.42. The molecular weight excluding hydrogens is 314 g/mol. The van der Waals surface area contributed by atoms with Crippen molar-refractivity contribution in [2.45, 2.75) is 20.0 Å². The van der Waals surface area contributed by atoms with Crippen molar-refractivity contribution in [1.82, 2.24) is 0 Å². The standard InChI is InChI=1S/C21H21NO3/c1-14-6-7-15(13-23)10-20(14)22-21(24)11-17-5-3-4-16-8-9-18(25-2)12-19(16)17/h3-10,12,23H,11,13H2,1-2H3,(H,22,24). The molecule has 0 bridgehead atoms. The smallest absolute Gasteiger partial charge is 0.228 e. The van der Waals surface area contributed by atoms with E-state index in [0.717, 1.165) is 38.9 Å². The summed E-state index contributed by atoms with van der Waals surface area (Å²) in [6, 6.07) is 17.3. The fourth-order valence-electron chi connectivity index (χ4n) is 2.87. The predicted molar refractivity (Wildman–Crippen MR) is 99.9 cm³/mol. The van der Waals surface area contributed by atoms with Crippen molar-refractivity contribution < 1.29 is 14.6 Å². The van der Waals surface area contributed by atoms with Gasteiger partial charge < -0.3 is 15.2 Å². The molecule has 0 aliphatic rings. The number of hydrogen-bond acceptors (Lipinski definition) is 3. The van der Waals surface area contributed by atoms with Gasteiger partial charge in [-0.05, 0) is 52.6 Å². The number of amides is 1. The van der Waals surface area contributed by atoms with Crippen LogP contribution >= 0.6 is 0 Å². The highest BCUT2D eigenvalue weighted by Gasteiger charge is 2.10. The highest BCUT2D eigenvalue weighted by molar-refractivity contribution is 5.97. The molecule has 0 aliphatic carbocycles. The number of hydrogen-bond donors (Lipinski definition) is 2. The first-order chi connectivity index (χ1) is 12.1. The Labute approximate surface area is 147 Å². The third-order valence-electron chi connectivity index (χ3n) is 4.29. The number of rotatable bonds is 5. The number of fused-ring (bicyclic) bond motifs is 1. The quantitative estimate of drug-likeness (QED) is 0.745. The minimum atomic E-state index is -0.0893. The highest BCUT2D eigenvalue weighted by Crippen LogP contribution is 2.25. The fourth-order valence-corrected chi connectivity index (χ4v) is 2.87. The number of benzene rings is 3. The molecule has 0 atom stereocenters. The molecule has 0 spiro atoms. The Balaban J connectivity index is 1.85. The van der Waals surface area contributed by atoms with Crippen molar-refractivity contribution >= 4 is 22.4 Å². The molecule has 1 amide bonds. The van der Waals surface area contributed by atoms with E-state index in [9.17, 15) is 9.90 Å². The summed E-state index contributed by atoms with van der Waals surface area (Å²) in [6.45, 7) is 1.88. The molecule has 4 heteroatoms. The number of aryl methyl sites for hydroxylation is 1. The average Bonchev–Trinajstić information content (AvgIpc) is 2.63. The monoisotopic (exact) mass is 335 g/mol. The van der Waals surface area contributed by atoms with Crippen LogP contribution in [-0.4, -0.2) is 18.1 Å². The second-order valence-electron chi connectivity index (χ2n) is 6.04. The summed E-state index contributed by atoms with van der Waals surface area (Å²) >= 11 is 0. The lowest BCUT2D eigenvalue weighted by Crippen LogP contribution is -2.15. The molecule has 3 rings (SSSR count). The van der Waals surface area contributed by atoms with E-state index >= 15 is 0 Å². The van der Waals surface area contributed by atoms with Crippen LogP contribution in [0.3, 0.4) is 0 Å². The molecule has 3 aromatic carbocycles. The van der Waals surface area contributed by atoms with Gasteiger partial charge in [-0.15, -0.1) is 0 Å². The van der Waals surface area contributed by atoms with Crippen molar-refractivity contribution in [3.8, 4) is 5.75 Å². The first kappa shape index (κ1) is 17.0. The van der Waals surface area contributed by atoms with Gasteiger partial charge in [0.25, 0.3) is 0 Å². The molecule has 0 saturated heterocycles. The fraction of sp³-hybridized carbons (Fsp3) is 0.190. The molecule has 0 fully saturated rings. The summed E-state index contributed by atoms with van der Waals surface area (Å²) in [7, 11) is 1.63. The van der Waals surface area contributed by atoms with Crippen LogP contribution in [0.1, 0.15) is 16.7 Å². The summed E-state index contributed by atoms with van der Waals surface area (Å²) in [6.07, 6.45) is 0.271. The number of nitrogens with one attached hydrogen (secondary N) is 1. The minimum absolute atomic E-state index is 0.0493. The van der Waals surface area contributed by atoms with Gasteiger partial charge in [0.15, 0.2) is 0 Å². The number of ether oxygens (including phenoxy) is 1. The molecule has 2 N–H and O–H groups in total. The zero-order chi connectivity index (χ0) is 17.8. The van der Waals surface area contributed by atoms with Crippen LogP contribution in [0.15, 0.2) is 54.6 Å². The van der Waals surface area contributed by atoms with Crippen molar-refractivity contribution in [3.05, 3.63) is 71.3 Å². The van der Waals surface area contributed by atoms with E-state index in [1.165, 1.54) is 0 Å². The van der Waals surface area contributed by atoms with Gasteiger partial charge >= 0.3 is 0 Å². The lowest BCUT2D eigenvalue weighted by molar-refractivity contribution is -0.115. The SMILES string of the molecule is COc1ccc2cccc(CC(=O)Nc3cc(CO)ccc3C)c2c1. The lowest BCUT2D eigenvalue weighted by atomic mass is 10.0. The van der Waals surface area contributed by atoms with Crippen LogP contribution < -0.4 is 10.1 Å². The van der Waals surface area contributed by atoms with E-state index in [1.807, 2.05) is 55.5 Å². The lowest BCUT2D eigenvalue weighted by Gasteiger charge is -2.12. The topological polar surface area (TPSA) is 58.6 Å². The normalized spacial score (nSPS) is 10.7. The van der Waals surface area contributed by atoms with E-state index in [0.29, 0.717) is 0 Å². The number of aliphatic hydroxyl groups excluding tert-OH is 1. The molecular formula is C21H21NO3. The molecule has 0 aliphatic heterocycles. The maximum absolute atomic E-state index is 12.5. The Morgan fingerprint density at radius 2 is 1.96 bits per heavy atom. The molecule has 0 saturated carbocycles. The van der Waals surface area contributed by atoms with Crippen molar-refractivity contribution in [2.24, 2.45) is 0 Å². The maximum atomic E-state index is 12.5. The van der Waals surface area contributed by atoms with Gasteiger partial charge in [0, 0.05) is 5.69 Å². The van der Waals surface area contributed by atoms with Crippen LogP contribution in [-0.2, 0) is 17.8 Å². The second-order valence-corrected chi connectivity index (χ2v) is 6.04. The van der Waals surface area contributed by atoms with Gasteiger partial charge in [-0.25, -0.2) is 0 Å². The van der Waals surface area contributed by atoms with Gasteiger partial charge in [0.1, 0.15) is 5.75 Å². The Hall–Kier alpha value is -2.85. The van der Waals surface area contributed by atoms with Crippen LogP contribution in [0.25, 0.3) is 10.8 Å². The number of methoxy groups -OCH3 is 1. The summed E-state index contributed by atoms with van der Waals surface area (Å²) in [4.78, 5) is 12.5. The largest absolute Gasteiger partial charge is 0.497 e. The number of anilines is 1. The van der Waals surface area contributed by atoms with E-state index in [2.05, 4.69) is 5.32 Å². The molecule has 0 aromatic heterocycles. The van der Waals surface area contributed by atoms with Crippen LogP contribution in [0.4, 0.5) is 5.69 Å². The summed E-state index contributed by atoms with van der Waals surface area (Å²) in [5, 5.41) is 14.3. The van der Waals surface area contributed by atoms with E-state index in [4.69, 9.17) is 4.74 Å². The Bertz CT molecular complexity index is 918. The molecule has 3 aromatic rings. The number of carbonyl (C=O) groups is 1.